The van der Waals surface area contributed by atoms with Gasteiger partial charge in [0.1, 0.15) is 0 Å². The molecule has 0 radical (unpaired) electrons. The lowest BCUT2D eigenvalue weighted by Gasteiger charge is -2.58. The monoisotopic (exact) mass is 584 g/mol. The molecule has 4 aliphatic carbocycles. The molecule has 4 rings (SSSR count). The van der Waals surface area contributed by atoms with Crippen molar-refractivity contribution in [3.63, 3.8) is 0 Å². The quantitative estimate of drug-likeness (QED) is 0.148. The van der Waals surface area contributed by atoms with Gasteiger partial charge in [0.2, 0.25) is 0 Å². The number of carbonyl (C=O) groups is 2. The van der Waals surface area contributed by atoms with Gasteiger partial charge in [0, 0.05) is 45.1 Å². The van der Waals surface area contributed by atoms with E-state index < -0.39 is 19.1 Å². The van der Waals surface area contributed by atoms with Crippen LogP contribution < -0.4 is 10.6 Å². The first-order chi connectivity index (χ1) is 19.4. The molecule has 0 heterocycles. The van der Waals surface area contributed by atoms with Gasteiger partial charge in [-0.25, -0.2) is 4.79 Å². The molecule has 232 valence electrons. The number of carbonyl (C=O) groups excluding carboxylic acids is 2. The van der Waals surface area contributed by atoms with Crippen molar-refractivity contribution in [3.05, 3.63) is 11.6 Å². The number of nitrogens with zero attached hydrogens (tertiary/aromatic N) is 2. The predicted octanol–water partition coefficient (Wildman–Crippen LogP) is 5.29. The number of oxime groups is 1. The number of amides is 1. The summed E-state index contributed by atoms with van der Waals surface area (Å²) in [6, 6.07) is 0. The molecular weight excluding hydrogens is 537 g/mol. The fourth-order valence-corrected chi connectivity index (χ4v) is 8.60. The first-order valence-electron chi connectivity index (χ1n) is 15.2. The van der Waals surface area contributed by atoms with Gasteiger partial charge in [-0.2, -0.15) is 0 Å². The smallest absolute Gasteiger partial charge is 0.318 e. The van der Waals surface area contributed by atoms with Crippen LogP contribution in [0.3, 0.4) is 0 Å². The summed E-state index contributed by atoms with van der Waals surface area (Å²) in [5, 5.41) is 10.4. The van der Waals surface area contributed by atoms with Crippen LogP contribution in [0.2, 0.25) is 0 Å². The average Bonchev–Trinajstić information content (AvgIpc) is 3.27. The number of alkyl halides is 3. The van der Waals surface area contributed by atoms with Gasteiger partial charge in [-0.05, 0) is 93.6 Å². The molecule has 2 N–H and O–H groups in total. The van der Waals surface area contributed by atoms with Crippen LogP contribution in [-0.2, 0) is 14.4 Å². The van der Waals surface area contributed by atoms with E-state index in [0.29, 0.717) is 37.3 Å². The molecule has 0 saturated heterocycles. The van der Waals surface area contributed by atoms with Crippen molar-refractivity contribution in [2.45, 2.75) is 78.5 Å². The highest BCUT2D eigenvalue weighted by molar-refractivity contribution is 5.91. The van der Waals surface area contributed by atoms with Crippen molar-refractivity contribution in [1.82, 2.24) is 15.5 Å². The van der Waals surface area contributed by atoms with E-state index in [4.69, 9.17) is 4.84 Å². The Hall–Kier alpha value is -1.98. The number of halogens is 3. The van der Waals surface area contributed by atoms with Gasteiger partial charge in [-0.3, -0.25) is 14.4 Å². The molecule has 0 unspecified atom stereocenters. The Morgan fingerprint density at radius 3 is 2.59 bits per heavy atom. The normalized spacial score (nSPS) is 33.5. The lowest BCUT2D eigenvalue weighted by molar-refractivity contribution is -0.324. The molecular formula is C30H47F3N4O4. The zero-order chi connectivity index (χ0) is 29.8. The first-order valence-corrected chi connectivity index (χ1v) is 15.2. The molecule has 3 saturated carbocycles. The molecule has 0 aromatic rings. The number of hydrogen-bond acceptors (Lipinski definition) is 7. The number of ether oxygens (including phenoxy) is 1. The van der Waals surface area contributed by atoms with Crippen molar-refractivity contribution in [3.8, 4) is 0 Å². The summed E-state index contributed by atoms with van der Waals surface area (Å²) in [6.07, 6.45) is 4.41. The standard InChI is InChI=1S/C30H47F3N4O4/c1-20(36-41-27(39)37(16-15-35-14-13-34-4)17-18-40-30(31,32)33)24-7-8-25-23-6-5-21-19-22(38)9-11-28(21,2)26(23)10-12-29(24,25)3/h19,23-26,34-35H,5-18H2,1-4H3/b36-20+/t23-,24+,25-,26-,28-,29+/m0/s1. The topological polar surface area (TPSA) is 92.3 Å². The number of allylic oxidation sites excluding steroid dienone is 1. The van der Waals surface area contributed by atoms with E-state index in [9.17, 15) is 22.8 Å². The van der Waals surface area contributed by atoms with Crippen LogP contribution in [0.15, 0.2) is 16.8 Å². The van der Waals surface area contributed by atoms with Crippen molar-refractivity contribution >= 4 is 17.6 Å². The summed E-state index contributed by atoms with van der Waals surface area (Å²) >= 11 is 0. The Morgan fingerprint density at radius 1 is 1.07 bits per heavy atom. The first kappa shape index (κ1) is 31.9. The summed E-state index contributed by atoms with van der Waals surface area (Å²) in [4.78, 5) is 31.5. The van der Waals surface area contributed by atoms with Crippen molar-refractivity contribution in [2.75, 3.05) is 46.4 Å². The predicted molar refractivity (Wildman–Crippen MR) is 150 cm³/mol. The Labute approximate surface area is 241 Å². The molecule has 0 spiro atoms. The fourth-order valence-electron chi connectivity index (χ4n) is 8.60. The van der Waals surface area contributed by atoms with Gasteiger partial charge in [0.25, 0.3) is 0 Å². The van der Waals surface area contributed by atoms with Crippen LogP contribution in [0.4, 0.5) is 18.0 Å². The lowest BCUT2D eigenvalue weighted by atomic mass is 9.46. The Kier molecular flexibility index (Phi) is 10.2. The minimum absolute atomic E-state index is 0.0562. The molecule has 6 atom stereocenters. The second kappa shape index (κ2) is 13.1. The maximum absolute atomic E-state index is 12.9. The number of fused-ring (bicyclic) bond motifs is 5. The van der Waals surface area contributed by atoms with Gasteiger partial charge in [0.05, 0.1) is 12.3 Å². The van der Waals surface area contributed by atoms with E-state index in [1.54, 1.807) is 0 Å². The third kappa shape index (κ3) is 7.16. The molecule has 1 amide bonds. The maximum atomic E-state index is 12.9. The van der Waals surface area contributed by atoms with Gasteiger partial charge in [-0.15, -0.1) is 13.2 Å². The van der Waals surface area contributed by atoms with Crippen LogP contribution in [0.1, 0.15) is 72.1 Å². The second-order valence-corrected chi connectivity index (χ2v) is 12.9. The minimum Gasteiger partial charge on any atom is -0.318 e. The van der Waals surface area contributed by atoms with Gasteiger partial charge >= 0.3 is 12.5 Å². The highest BCUT2D eigenvalue weighted by Crippen LogP contribution is 2.66. The molecule has 0 bridgehead atoms. The van der Waals surface area contributed by atoms with Crippen molar-refractivity contribution < 1.29 is 32.3 Å². The molecule has 11 heteroatoms. The van der Waals surface area contributed by atoms with Crippen molar-refractivity contribution in [2.24, 2.45) is 39.7 Å². The SMILES string of the molecule is CNCCNCCN(CCOC(F)(F)F)C(=O)O/N=C(\C)[C@H]1CC[C@H]2[C@@H]3CCC4=CC(=O)CC[C@]4(C)[C@H]3CC[C@]12C. The number of likely N-dealkylation sites (N-methyl/N-ethyl adjacent to an activating group) is 1. The number of ketones is 1. The number of hydrogen-bond donors (Lipinski definition) is 2. The van der Waals surface area contributed by atoms with E-state index in [1.807, 2.05) is 20.0 Å². The van der Waals surface area contributed by atoms with Crippen LogP contribution >= 0.6 is 0 Å². The lowest BCUT2D eigenvalue weighted by Crippen LogP contribution is -2.51. The largest absolute Gasteiger partial charge is 0.522 e. The van der Waals surface area contributed by atoms with Gasteiger partial charge in [-0.1, -0.05) is 24.6 Å². The van der Waals surface area contributed by atoms with E-state index >= 15 is 0 Å². The van der Waals surface area contributed by atoms with Crippen LogP contribution in [0, 0.1) is 34.5 Å². The molecule has 8 nitrogen and oxygen atoms in total. The van der Waals surface area contributed by atoms with E-state index in [2.05, 4.69) is 34.4 Å². The molecule has 0 aromatic carbocycles. The summed E-state index contributed by atoms with van der Waals surface area (Å²) in [6.45, 7) is 7.68. The van der Waals surface area contributed by atoms with Crippen LogP contribution in [0.25, 0.3) is 0 Å². The van der Waals surface area contributed by atoms with Crippen molar-refractivity contribution in [1.29, 1.82) is 0 Å². The number of nitrogens with one attached hydrogen (secondary N) is 2. The van der Waals surface area contributed by atoms with Crippen LogP contribution in [0.5, 0.6) is 0 Å². The molecule has 0 aromatic heterocycles. The Bertz CT molecular complexity index is 1020. The molecule has 0 aliphatic heterocycles. The average molecular weight is 585 g/mol. The Balaban J connectivity index is 1.39. The fraction of sp³-hybridized carbons (Fsp3) is 0.833. The molecule has 41 heavy (non-hydrogen) atoms. The van der Waals surface area contributed by atoms with Gasteiger partial charge < -0.3 is 15.5 Å². The minimum atomic E-state index is -4.76. The third-order valence-electron chi connectivity index (χ3n) is 10.7. The zero-order valence-corrected chi connectivity index (χ0v) is 24.9. The Morgan fingerprint density at radius 2 is 1.85 bits per heavy atom. The number of rotatable bonds is 11. The highest BCUT2D eigenvalue weighted by atomic mass is 19.4. The summed E-state index contributed by atoms with van der Waals surface area (Å²) in [7, 11) is 1.82. The second-order valence-electron chi connectivity index (χ2n) is 12.9. The van der Waals surface area contributed by atoms with Crippen LogP contribution in [-0.4, -0.2) is 75.2 Å². The van der Waals surface area contributed by atoms with E-state index in [-0.39, 0.29) is 35.6 Å². The van der Waals surface area contributed by atoms with E-state index in [0.717, 1.165) is 57.2 Å². The zero-order valence-electron chi connectivity index (χ0n) is 24.9. The highest BCUT2D eigenvalue weighted by Gasteiger charge is 2.59. The van der Waals surface area contributed by atoms with E-state index in [1.165, 1.54) is 10.5 Å². The summed E-state index contributed by atoms with van der Waals surface area (Å²) in [5.74, 6) is 2.23. The molecule has 3 fully saturated rings. The van der Waals surface area contributed by atoms with Gasteiger partial charge in [0.15, 0.2) is 5.78 Å². The third-order valence-corrected chi connectivity index (χ3v) is 10.7. The summed E-state index contributed by atoms with van der Waals surface area (Å²) in [5.41, 5.74) is 2.31. The molecule has 4 aliphatic rings. The maximum Gasteiger partial charge on any atom is 0.522 e. The summed E-state index contributed by atoms with van der Waals surface area (Å²) < 4.78 is 41.4.